The highest BCUT2D eigenvalue weighted by Crippen LogP contribution is 2.13. The number of hydrogen-bond acceptors (Lipinski definition) is 3. The van der Waals surface area contributed by atoms with Crippen molar-refractivity contribution in [2.24, 2.45) is 0 Å². The number of hydrogen-bond donors (Lipinski definition) is 1. The Morgan fingerprint density at radius 1 is 1.47 bits per heavy atom. The zero-order valence-corrected chi connectivity index (χ0v) is 11.1. The zero-order valence-electron chi connectivity index (χ0n) is 11.1. The highest BCUT2D eigenvalue weighted by molar-refractivity contribution is 5.80. The van der Waals surface area contributed by atoms with E-state index in [0.29, 0.717) is 19.6 Å². The Bertz CT molecular complexity index is 483. The van der Waals surface area contributed by atoms with E-state index in [1.807, 2.05) is 24.6 Å². The number of carbonyl (C=O) groups excluding carboxylic acids is 1. The first-order valence-electron chi connectivity index (χ1n) is 6.26. The van der Waals surface area contributed by atoms with E-state index in [-0.39, 0.29) is 18.6 Å². The van der Waals surface area contributed by atoms with Crippen LogP contribution in [0.4, 0.5) is 4.79 Å². The summed E-state index contributed by atoms with van der Waals surface area (Å²) in [4.78, 5) is 30.4. The minimum absolute atomic E-state index is 0.148. The lowest BCUT2D eigenvalue weighted by atomic mass is 10.3. The van der Waals surface area contributed by atoms with Gasteiger partial charge in [-0.15, -0.1) is 0 Å². The molecule has 104 valence electrons. The summed E-state index contributed by atoms with van der Waals surface area (Å²) in [6.45, 7) is 5.04. The Labute approximate surface area is 111 Å². The number of carbonyl (C=O) groups is 2. The van der Waals surface area contributed by atoms with Crippen molar-refractivity contribution >= 4 is 12.0 Å². The third kappa shape index (κ3) is 2.86. The Morgan fingerprint density at radius 2 is 2.21 bits per heavy atom. The number of imidazole rings is 1. The van der Waals surface area contributed by atoms with Crippen molar-refractivity contribution in [2.75, 3.05) is 13.1 Å². The molecule has 0 aromatic carbocycles. The smallest absolute Gasteiger partial charge is 0.323 e. The van der Waals surface area contributed by atoms with Crippen molar-refractivity contribution in [3.05, 3.63) is 18.2 Å². The summed E-state index contributed by atoms with van der Waals surface area (Å²) in [5, 5.41) is 8.88. The maximum absolute atomic E-state index is 12.4. The van der Waals surface area contributed by atoms with Crippen LogP contribution in [-0.4, -0.2) is 55.6 Å². The van der Waals surface area contributed by atoms with Crippen LogP contribution in [0.3, 0.4) is 0 Å². The van der Waals surface area contributed by atoms with E-state index in [2.05, 4.69) is 4.98 Å². The average Bonchev–Trinajstić information content (AvgIpc) is 2.81. The van der Waals surface area contributed by atoms with E-state index in [1.165, 1.54) is 4.90 Å². The van der Waals surface area contributed by atoms with Crippen LogP contribution in [-0.2, 0) is 17.9 Å². The lowest BCUT2D eigenvalue weighted by Crippen LogP contribution is -2.50. The van der Waals surface area contributed by atoms with Gasteiger partial charge in [0.2, 0.25) is 0 Å². The Hall–Kier alpha value is -2.05. The maximum atomic E-state index is 12.4. The summed E-state index contributed by atoms with van der Waals surface area (Å²) in [5.41, 5.74) is 0. The Morgan fingerprint density at radius 3 is 2.84 bits per heavy atom. The number of amides is 2. The predicted molar refractivity (Wildman–Crippen MR) is 67.5 cm³/mol. The number of aliphatic carboxylic acids is 1. The lowest BCUT2D eigenvalue weighted by molar-refractivity contribution is -0.138. The fraction of sp³-hybridized carbons (Fsp3) is 0.583. The van der Waals surface area contributed by atoms with Gasteiger partial charge in [-0.1, -0.05) is 0 Å². The molecule has 0 saturated carbocycles. The normalized spacial score (nSPS) is 14.4. The molecule has 0 atom stereocenters. The van der Waals surface area contributed by atoms with E-state index < -0.39 is 5.97 Å². The molecule has 1 aromatic rings. The van der Waals surface area contributed by atoms with Crippen LogP contribution in [0.2, 0.25) is 0 Å². The quantitative estimate of drug-likeness (QED) is 0.869. The van der Waals surface area contributed by atoms with Gasteiger partial charge in [0.25, 0.3) is 0 Å². The molecule has 2 rings (SSSR count). The second-order valence-electron chi connectivity index (χ2n) is 4.86. The van der Waals surface area contributed by atoms with Gasteiger partial charge in [0, 0.05) is 31.5 Å². The van der Waals surface area contributed by atoms with E-state index in [9.17, 15) is 9.59 Å². The number of carboxylic acid groups (broad SMARTS) is 1. The molecule has 1 aliphatic heterocycles. The van der Waals surface area contributed by atoms with Gasteiger partial charge in [-0.2, -0.15) is 0 Å². The summed E-state index contributed by atoms with van der Waals surface area (Å²) < 4.78 is 2.00. The van der Waals surface area contributed by atoms with Crippen LogP contribution in [0.25, 0.3) is 0 Å². The summed E-state index contributed by atoms with van der Waals surface area (Å²) in [6, 6.07) is -0.392. The largest absolute Gasteiger partial charge is 0.480 e. The lowest BCUT2D eigenvalue weighted by Gasteiger charge is -2.34. The summed E-state index contributed by atoms with van der Waals surface area (Å²) in [5.74, 6) is -0.167. The molecular weight excluding hydrogens is 248 g/mol. The van der Waals surface area contributed by atoms with Crippen LogP contribution < -0.4 is 0 Å². The molecule has 0 radical (unpaired) electrons. The molecule has 7 nitrogen and oxygen atoms in total. The standard InChI is InChI=1S/C12H18N4O3/c1-9(2)16(8-11(17)18)12(19)15-6-5-14-4-3-13-10(14)7-15/h3-4,9H,5-8H2,1-2H3,(H,17,18). The predicted octanol–water partition coefficient (Wildman–Crippen LogP) is 0.614. The second kappa shape index (κ2) is 5.29. The van der Waals surface area contributed by atoms with Crippen LogP contribution in [0, 0.1) is 0 Å². The van der Waals surface area contributed by atoms with Gasteiger partial charge >= 0.3 is 12.0 Å². The average molecular weight is 266 g/mol. The third-order valence-corrected chi connectivity index (χ3v) is 3.19. The minimum Gasteiger partial charge on any atom is -0.480 e. The van der Waals surface area contributed by atoms with Crippen molar-refractivity contribution in [1.29, 1.82) is 0 Å². The van der Waals surface area contributed by atoms with Crippen molar-refractivity contribution in [1.82, 2.24) is 19.4 Å². The molecule has 2 heterocycles. The number of aromatic nitrogens is 2. The molecule has 1 aromatic heterocycles. The van der Waals surface area contributed by atoms with Gasteiger partial charge in [0.05, 0.1) is 6.54 Å². The molecule has 7 heteroatoms. The van der Waals surface area contributed by atoms with Gasteiger partial charge in [0.1, 0.15) is 12.4 Å². The zero-order chi connectivity index (χ0) is 14.0. The first kappa shape index (κ1) is 13.4. The van der Waals surface area contributed by atoms with Crippen molar-refractivity contribution < 1.29 is 14.7 Å². The molecule has 2 amide bonds. The number of rotatable bonds is 3. The van der Waals surface area contributed by atoms with Gasteiger partial charge in [-0.3, -0.25) is 4.79 Å². The summed E-state index contributed by atoms with van der Waals surface area (Å²) in [6.07, 6.45) is 3.59. The molecule has 19 heavy (non-hydrogen) atoms. The maximum Gasteiger partial charge on any atom is 0.323 e. The van der Waals surface area contributed by atoms with E-state index in [0.717, 1.165) is 5.82 Å². The molecular formula is C12H18N4O3. The van der Waals surface area contributed by atoms with Crippen molar-refractivity contribution in [2.45, 2.75) is 33.0 Å². The third-order valence-electron chi connectivity index (χ3n) is 3.19. The molecule has 0 saturated heterocycles. The van der Waals surface area contributed by atoms with E-state index >= 15 is 0 Å². The van der Waals surface area contributed by atoms with E-state index in [4.69, 9.17) is 5.11 Å². The number of urea groups is 1. The van der Waals surface area contributed by atoms with Crippen LogP contribution in [0.1, 0.15) is 19.7 Å². The monoisotopic (exact) mass is 266 g/mol. The summed E-state index contributed by atoms with van der Waals surface area (Å²) in [7, 11) is 0. The summed E-state index contributed by atoms with van der Waals surface area (Å²) >= 11 is 0. The van der Waals surface area contributed by atoms with Crippen LogP contribution in [0.5, 0.6) is 0 Å². The first-order valence-corrected chi connectivity index (χ1v) is 6.26. The highest BCUT2D eigenvalue weighted by Gasteiger charge is 2.28. The van der Waals surface area contributed by atoms with Gasteiger partial charge in [0.15, 0.2) is 0 Å². The Kier molecular flexibility index (Phi) is 3.73. The molecule has 0 unspecified atom stereocenters. The number of fused-ring (bicyclic) bond motifs is 1. The molecule has 1 aliphatic rings. The van der Waals surface area contributed by atoms with Crippen LogP contribution >= 0.6 is 0 Å². The topological polar surface area (TPSA) is 78.7 Å². The Balaban J connectivity index is 2.08. The van der Waals surface area contributed by atoms with Gasteiger partial charge in [-0.05, 0) is 13.8 Å². The van der Waals surface area contributed by atoms with Crippen LogP contribution in [0.15, 0.2) is 12.4 Å². The fourth-order valence-corrected chi connectivity index (χ4v) is 2.14. The molecule has 0 aliphatic carbocycles. The van der Waals surface area contributed by atoms with Crippen molar-refractivity contribution in [3.8, 4) is 0 Å². The first-order chi connectivity index (χ1) is 8.99. The SMILES string of the molecule is CC(C)N(CC(=O)O)C(=O)N1CCn2ccnc2C1. The minimum atomic E-state index is -0.999. The fourth-order valence-electron chi connectivity index (χ4n) is 2.14. The second-order valence-corrected chi connectivity index (χ2v) is 4.86. The number of carboxylic acids is 1. The van der Waals surface area contributed by atoms with E-state index in [1.54, 1.807) is 11.1 Å². The number of nitrogens with zero attached hydrogens (tertiary/aromatic N) is 4. The highest BCUT2D eigenvalue weighted by atomic mass is 16.4. The molecule has 0 fully saturated rings. The molecule has 0 bridgehead atoms. The van der Waals surface area contributed by atoms with Gasteiger partial charge in [-0.25, -0.2) is 9.78 Å². The van der Waals surface area contributed by atoms with Crippen molar-refractivity contribution in [3.63, 3.8) is 0 Å². The molecule has 1 N–H and O–H groups in total. The molecule has 0 spiro atoms. The van der Waals surface area contributed by atoms with Gasteiger partial charge < -0.3 is 19.5 Å².